The van der Waals surface area contributed by atoms with Crippen LogP contribution in [-0.2, 0) is 16.4 Å². The van der Waals surface area contributed by atoms with E-state index in [0.717, 1.165) is 0 Å². The third-order valence-electron chi connectivity index (χ3n) is 2.44. The van der Waals surface area contributed by atoms with Crippen molar-refractivity contribution in [1.29, 1.82) is 0 Å². The average Bonchev–Trinajstić information content (AvgIpc) is 2.22. The van der Waals surface area contributed by atoms with Gasteiger partial charge in [-0.05, 0) is 13.3 Å². The first kappa shape index (κ1) is 14.2. The molecule has 0 bridgehead atoms. The van der Waals surface area contributed by atoms with Gasteiger partial charge in [0, 0.05) is 18.4 Å². The number of halogens is 1. The van der Waals surface area contributed by atoms with Crippen LogP contribution in [0.1, 0.15) is 19.2 Å². The summed E-state index contributed by atoms with van der Waals surface area (Å²) in [5, 5.41) is 0.157. The predicted octanol–water partition coefficient (Wildman–Crippen LogP) is 1.03. The van der Waals surface area contributed by atoms with Gasteiger partial charge >= 0.3 is 0 Å². The summed E-state index contributed by atoms with van der Waals surface area (Å²) in [5.74, 6) is 0.703. The Balaban J connectivity index is 2.74. The van der Waals surface area contributed by atoms with E-state index in [1.807, 2.05) is 0 Å². The number of sulfone groups is 1. The highest BCUT2D eigenvalue weighted by Gasteiger charge is 2.09. The van der Waals surface area contributed by atoms with Gasteiger partial charge in [-0.15, -0.1) is 0 Å². The van der Waals surface area contributed by atoms with Crippen molar-refractivity contribution in [3.05, 3.63) is 27.4 Å². The van der Waals surface area contributed by atoms with Gasteiger partial charge < -0.3 is 0 Å². The summed E-state index contributed by atoms with van der Waals surface area (Å²) in [6, 6.07) is 1.23. The van der Waals surface area contributed by atoms with Crippen molar-refractivity contribution in [3.8, 4) is 0 Å². The number of rotatable bonds is 5. The topological polar surface area (TPSA) is 69.0 Å². The van der Waals surface area contributed by atoms with Gasteiger partial charge in [0.25, 0.3) is 5.56 Å². The summed E-state index contributed by atoms with van der Waals surface area (Å²) in [6.45, 7) is 3.62. The number of aromatic nitrogens is 2. The largest absolute Gasteiger partial charge is 0.297 e. The first-order valence-corrected chi connectivity index (χ1v) is 7.50. The molecule has 0 aliphatic rings. The second-order valence-electron chi connectivity index (χ2n) is 3.71. The van der Waals surface area contributed by atoms with Crippen LogP contribution in [0.15, 0.2) is 10.9 Å². The molecule has 0 radical (unpaired) electrons. The SMILES string of the molecule is CCS(=O)(=O)CCCn1c(C)nc(Cl)cc1=O. The third-order valence-corrected chi connectivity index (χ3v) is 4.43. The standard InChI is InChI=1S/C10H15ClN2O3S/c1-3-17(15,16)6-4-5-13-8(2)12-9(11)7-10(13)14/h7H,3-6H2,1-2H3. The van der Waals surface area contributed by atoms with Crippen LogP contribution in [0.5, 0.6) is 0 Å². The molecule has 0 N–H and O–H groups in total. The summed E-state index contributed by atoms with van der Waals surface area (Å²) in [7, 11) is -2.99. The van der Waals surface area contributed by atoms with E-state index >= 15 is 0 Å². The van der Waals surface area contributed by atoms with Crippen LogP contribution in [0.3, 0.4) is 0 Å². The molecule has 0 spiro atoms. The minimum absolute atomic E-state index is 0.0814. The molecule has 0 aliphatic heterocycles. The van der Waals surface area contributed by atoms with Crippen molar-refractivity contribution in [1.82, 2.24) is 9.55 Å². The van der Waals surface area contributed by atoms with Gasteiger partial charge in [-0.2, -0.15) is 0 Å². The Bertz CT molecular complexity index is 551. The zero-order valence-electron chi connectivity index (χ0n) is 9.81. The predicted molar refractivity (Wildman–Crippen MR) is 67.2 cm³/mol. The highest BCUT2D eigenvalue weighted by atomic mass is 35.5. The van der Waals surface area contributed by atoms with E-state index in [1.165, 1.54) is 10.6 Å². The Morgan fingerprint density at radius 3 is 2.65 bits per heavy atom. The van der Waals surface area contributed by atoms with Crippen LogP contribution >= 0.6 is 11.6 Å². The van der Waals surface area contributed by atoms with Gasteiger partial charge in [-0.1, -0.05) is 18.5 Å². The lowest BCUT2D eigenvalue weighted by atomic mass is 10.4. The molecule has 0 saturated carbocycles. The first-order chi connectivity index (χ1) is 7.85. The van der Waals surface area contributed by atoms with E-state index in [1.54, 1.807) is 13.8 Å². The van der Waals surface area contributed by atoms with Gasteiger partial charge in [-0.3, -0.25) is 9.36 Å². The maximum absolute atomic E-state index is 11.6. The van der Waals surface area contributed by atoms with Crippen LogP contribution in [0.4, 0.5) is 0 Å². The Labute approximate surface area is 105 Å². The molecule has 0 saturated heterocycles. The number of nitrogens with zero attached hydrogens (tertiary/aromatic N) is 2. The second kappa shape index (κ2) is 5.64. The zero-order chi connectivity index (χ0) is 13.1. The molecule has 0 amide bonds. The van der Waals surface area contributed by atoms with Crippen molar-refractivity contribution in [3.63, 3.8) is 0 Å². The quantitative estimate of drug-likeness (QED) is 0.755. The van der Waals surface area contributed by atoms with E-state index in [4.69, 9.17) is 11.6 Å². The molecule has 96 valence electrons. The fraction of sp³-hybridized carbons (Fsp3) is 0.600. The highest BCUT2D eigenvalue weighted by Crippen LogP contribution is 2.03. The maximum Gasteiger partial charge on any atom is 0.254 e. The summed E-state index contributed by atoms with van der Waals surface area (Å²) in [4.78, 5) is 15.5. The average molecular weight is 279 g/mol. The molecular formula is C10H15ClN2O3S. The molecular weight excluding hydrogens is 264 g/mol. The molecule has 1 aromatic rings. The Kier molecular flexibility index (Phi) is 4.70. The summed E-state index contributed by atoms with van der Waals surface area (Å²) in [6.07, 6.45) is 0.403. The highest BCUT2D eigenvalue weighted by molar-refractivity contribution is 7.91. The summed E-state index contributed by atoms with van der Waals surface area (Å²) in [5.41, 5.74) is -0.253. The van der Waals surface area contributed by atoms with Crippen LogP contribution in [-0.4, -0.2) is 29.5 Å². The second-order valence-corrected chi connectivity index (χ2v) is 6.57. The van der Waals surface area contributed by atoms with Crippen molar-refractivity contribution < 1.29 is 8.42 Å². The molecule has 0 atom stereocenters. The summed E-state index contributed by atoms with van der Waals surface area (Å²) < 4.78 is 24.0. The Morgan fingerprint density at radius 1 is 1.47 bits per heavy atom. The molecule has 7 heteroatoms. The third kappa shape index (κ3) is 4.12. The van der Waals surface area contributed by atoms with E-state index in [0.29, 0.717) is 18.8 Å². The molecule has 0 aromatic carbocycles. The Hall–Kier alpha value is -0.880. The normalized spacial score (nSPS) is 11.7. The fourth-order valence-electron chi connectivity index (χ4n) is 1.45. The van der Waals surface area contributed by atoms with E-state index in [2.05, 4.69) is 4.98 Å². The molecule has 0 unspecified atom stereocenters. The Morgan fingerprint density at radius 2 is 2.12 bits per heavy atom. The lowest BCUT2D eigenvalue weighted by Crippen LogP contribution is -2.24. The zero-order valence-corrected chi connectivity index (χ0v) is 11.4. The number of hydrogen-bond donors (Lipinski definition) is 0. The first-order valence-electron chi connectivity index (χ1n) is 5.30. The van der Waals surface area contributed by atoms with Gasteiger partial charge in [0.05, 0.1) is 5.75 Å². The fourth-order valence-corrected chi connectivity index (χ4v) is 2.52. The number of aryl methyl sites for hydroxylation is 1. The maximum atomic E-state index is 11.6. The van der Waals surface area contributed by atoms with Crippen molar-refractivity contribution in [2.45, 2.75) is 26.8 Å². The minimum Gasteiger partial charge on any atom is -0.297 e. The molecule has 0 fully saturated rings. The van der Waals surface area contributed by atoms with Crippen LogP contribution < -0.4 is 5.56 Å². The van der Waals surface area contributed by atoms with E-state index in [9.17, 15) is 13.2 Å². The molecule has 0 aliphatic carbocycles. The van der Waals surface area contributed by atoms with Crippen molar-refractivity contribution >= 4 is 21.4 Å². The molecule has 1 heterocycles. The smallest absolute Gasteiger partial charge is 0.254 e. The molecule has 5 nitrogen and oxygen atoms in total. The van der Waals surface area contributed by atoms with Gasteiger partial charge in [-0.25, -0.2) is 13.4 Å². The lowest BCUT2D eigenvalue weighted by molar-refractivity contribution is 0.578. The van der Waals surface area contributed by atoms with Crippen molar-refractivity contribution in [2.75, 3.05) is 11.5 Å². The van der Waals surface area contributed by atoms with Crippen LogP contribution in [0.25, 0.3) is 0 Å². The molecule has 1 aromatic heterocycles. The van der Waals surface area contributed by atoms with E-state index < -0.39 is 9.84 Å². The van der Waals surface area contributed by atoms with Crippen molar-refractivity contribution in [2.24, 2.45) is 0 Å². The van der Waals surface area contributed by atoms with Crippen LogP contribution in [0.2, 0.25) is 5.15 Å². The van der Waals surface area contributed by atoms with Gasteiger partial charge in [0.2, 0.25) is 0 Å². The lowest BCUT2D eigenvalue weighted by Gasteiger charge is -2.08. The van der Waals surface area contributed by atoms with Crippen LogP contribution in [0, 0.1) is 6.92 Å². The molecule has 17 heavy (non-hydrogen) atoms. The van der Waals surface area contributed by atoms with E-state index in [-0.39, 0.29) is 22.2 Å². The van der Waals surface area contributed by atoms with Gasteiger partial charge in [0.1, 0.15) is 20.8 Å². The number of hydrogen-bond acceptors (Lipinski definition) is 4. The molecule has 1 rings (SSSR count). The summed E-state index contributed by atoms with van der Waals surface area (Å²) >= 11 is 5.63. The van der Waals surface area contributed by atoms with Gasteiger partial charge in [0.15, 0.2) is 0 Å². The monoisotopic (exact) mass is 278 g/mol. The minimum atomic E-state index is -2.99.